The van der Waals surface area contributed by atoms with Crippen LogP contribution in [0.5, 0.6) is 0 Å². The topological polar surface area (TPSA) is 53.0 Å². The highest BCUT2D eigenvalue weighted by Gasteiger charge is 2.27. The van der Waals surface area contributed by atoms with Gasteiger partial charge in [0, 0.05) is 30.1 Å². The molecule has 0 fully saturated rings. The van der Waals surface area contributed by atoms with E-state index in [4.69, 9.17) is 22.6 Å². The van der Waals surface area contributed by atoms with Crippen LogP contribution in [0.1, 0.15) is 45.2 Å². The predicted octanol–water partition coefficient (Wildman–Crippen LogP) is 3.74. The predicted molar refractivity (Wildman–Crippen MR) is 84.5 cm³/mol. The summed E-state index contributed by atoms with van der Waals surface area (Å²) in [4.78, 5) is 2.29. The van der Waals surface area contributed by atoms with E-state index in [-0.39, 0.29) is 12.1 Å². The molecule has 0 aliphatic rings. The highest BCUT2D eigenvalue weighted by atomic mass is 35.5. The molecule has 110 valence electrons. The van der Waals surface area contributed by atoms with E-state index in [0.29, 0.717) is 12.5 Å². The number of nitriles is 1. The molecule has 0 aliphatic heterocycles. The number of halogens is 1. The molecule has 0 aromatic heterocycles. The first kappa shape index (κ1) is 17.0. The van der Waals surface area contributed by atoms with E-state index in [2.05, 4.69) is 37.8 Å². The Labute approximate surface area is 127 Å². The molecule has 20 heavy (non-hydrogen) atoms. The summed E-state index contributed by atoms with van der Waals surface area (Å²) in [5, 5.41) is 9.58. The third kappa shape index (κ3) is 4.49. The smallest absolute Gasteiger partial charge is 0.0635 e. The summed E-state index contributed by atoms with van der Waals surface area (Å²) >= 11 is 6.11. The first-order chi connectivity index (χ1) is 9.51. The van der Waals surface area contributed by atoms with Crippen molar-refractivity contribution >= 4 is 11.6 Å². The number of nitrogens with zero attached hydrogens (tertiary/aromatic N) is 2. The molecule has 0 spiro atoms. The molecular formula is C16H24ClN3. The van der Waals surface area contributed by atoms with E-state index >= 15 is 0 Å². The number of hydrogen-bond donors (Lipinski definition) is 1. The summed E-state index contributed by atoms with van der Waals surface area (Å²) in [5.74, 6) is 0. The second kappa shape index (κ2) is 8.26. The summed E-state index contributed by atoms with van der Waals surface area (Å²) < 4.78 is 0. The van der Waals surface area contributed by atoms with Crippen molar-refractivity contribution in [2.24, 2.45) is 5.73 Å². The van der Waals surface area contributed by atoms with Gasteiger partial charge in [0.25, 0.3) is 0 Å². The van der Waals surface area contributed by atoms with Crippen molar-refractivity contribution in [2.75, 3.05) is 6.54 Å². The van der Waals surface area contributed by atoms with Crippen LogP contribution in [-0.4, -0.2) is 23.5 Å². The number of hydrogen-bond acceptors (Lipinski definition) is 3. The molecule has 1 aromatic carbocycles. The lowest BCUT2D eigenvalue weighted by Crippen LogP contribution is -2.44. The molecule has 4 heteroatoms. The van der Waals surface area contributed by atoms with Crippen LogP contribution in [0.4, 0.5) is 0 Å². The van der Waals surface area contributed by atoms with Crippen LogP contribution in [0.3, 0.4) is 0 Å². The van der Waals surface area contributed by atoms with Crippen LogP contribution in [0.2, 0.25) is 5.02 Å². The van der Waals surface area contributed by atoms with E-state index in [1.807, 2.05) is 18.2 Å². The summed E-state index contributed by atoms with van der Waals surface area (Å²) in [6.07, 6.45) is 1.39. The Morgan fingerprint density at radius 1 is 1.40 bits per heavy atom. The van der Waals surface area contributed by atoms with Gasteiger partial charge < -0.3 is 5.73 Å². The van der Waals surface area contributed by atoms with Crippen LogP contribution >= 0.6 is 11.6 Å². The maximum Gasteiger partial charge on any atom is 0.0635 e. The Morgan fingerprint density at radius 3 is 2.60 bits per heavy atom. The van der Waals surface area contributed by atoms with Gasteiger partial charge in [0.05, 0.1) is 12.1 Å². The maximum atomic E-state index is 8.86. The fourth-order valence-corrected chi connectivity index (χ4v) is 2.69. The second-order valence-electron chi connectivity index (χ2n) is 5.31. The summed E-state index contributed by atoms with van der Waals surface area (Å²) in [6.45, 7) is 7.08. The lowest BCUT2D eigenvalue weighted by atomic mass is 9.95. The van der Waals surface area contributed by atoms with Crippen molar-refractivity contribution in [3.05, 3.63) is 34.9 Å². The van der Waals surface area contributed by atoms with E-state index in [9.17, 15) is 0 Å². The summed E-state index contributed by atoms with van der Waals surface area (Å²) in [5.41, 5.74) is 7.47. The lowest BCUT2D eigenvalue weighted by Gasteiger charge is -2.38. The number of nitrogens with two attached hydrogens (primary N) is 1. The zero-order valence-corrected chi connectivity index (χ0v) is 13.3. The zero-order chi connectivity index (χ0) is 15.1. The SMILES string of the molecule is CCC(N)C(c1cccc(Cl)c1)N(CCC#N)C(C)C. The van der Waals surface area contributed by atoms with E-state index in [0.717, 1.165) is 23.6 Å². The Bertz CT molecular complexity index is 453. The molecule has 0 saturated heterocycles. The van der Waals surface area contributed by atoms with Gasteiger partial charge in [-0.05, 0) is 38.0 Å². The first-order valence-electron chi connectivity index (χ1n) is 7.15. The Kier molecular flexibility index (Phi) is 7.01. The molecule has 0 amide bonds. The molecule has 2 unspecified atom stereocenters. The Morgan fingerprint density at radius 2 is 2.10 bits per heavy atom. The number of rotatable bonds is 7. The minimum atomic E-state index is 0.0227. The molecule has 2 N–H and O–H groups in total. The largest absolute Gasteiger partial charge is 0.326 e. The van der Waals surface area contributed by atoms with Crippen molar-refractivity contribution in [1.82, 2.24) is 4.90 Å². The standard InChI is InChI=1S/C16H24ClN3/c1-4-15(19)16(13-7-5-8-14(17)11-13)20(12(2)3)10-6-9-18/h5,7-8,11-12,15-16H,4,6,10,19H2,1-3H3. The minimum absolute atomic E-state index is 0.0227. The molecular weight excluding hydrogens is 270 g/mol. The second-order valence-corrected chi connectivity index (χ2v) is 5.75. The maximum absolute atomic E-state index is 8.86. The first-order valence-corrected chi connectivity index (χ1v) is 7.52. The van der Waals surface area contributed by atoms with Gasteiger partial charge in [0.1, 0.15) is 0 Å². The summed E-state index contributed by atoms with van der Waals surface area (Å²) in [6, 6.07) is 10.5. The van der Waals surface area contributed by atoms with Crippen LogP contribution in [0.25, 0.3) is 0 Å². The quantitative estimate of drug-likeness (QED) is 0.833. The molecule has 0 heterocycles. The summed E-state index contributed by atoms with van der Waals surface area (Å²) in [7, 11) is 0. The van der Waals surface area contributed by atoms with Gasteiger partial charge in [-0.2, -0.15) is 5.26 Å². The van der Waals surface area contributed by atoms with Crippen LogP contribution in [0, 0.1) is 11.3 Å². The average Bonchev–Trinajstić information content (AvgIpc) is 2.42. The lowest BCUT2D eigenvalue weighted by molar-refractivity contribution is 0.133. The van der Waals surface area contributed by atoms with Gasteiger partial charge in [-0.15, -0.1) is 0 Å². The highest BCUT2D eigenvalue weighted by molar-refractivity contribution is 6.30. The molecule has 1 aromatic rings. The molecule has 0 bridgehead atoms. The van der Waals surface area contributed by atoms with Crippen molar-refractivity contribution < 1.29 is 0 Å². The molecule has 0 radical (unpaired) electrons. The van der Waals surface area contributed by atoms with Gasteiger partial charge in [-0.1, -0.05) is 30.7 Å². The monoisotopic (exact) mass is 293 g/mol. The van der Waals surface area contributed by atoms with E-state index in [1.165, 1.54) is 0 Å². The number of benzene rings is 1. The van der Waals surface area contributed by atoms with Crippen LogP contribution < -0.4 is 5.73 Å². The van der Waals surface area contributed by atoms with Crippen molar-refractivity contribution in [1.29, 1.82) is 5.26 Å². The fourth-order valence-electron chi connectivity index (χ4n) is 2.50. The van der Waals surface area contributed by atoms with Gasteiger partial charge in [0.2, 0.25) is 0 Å². The van der Waals surface area contributed by atoms with Gasteiger partial charge in [-0.3, -0.25) is 4.90 Å². The molecule has 0 saturated carbocycles. The third-order valence-corrected chi connectivity index (χ3v) is 3.80. The average molecular weight is 294 g/mol. The third-order valence-electron chi connectivity index (χ3n) is 3.57. The van der Waals surface area contributed by atoms with Gasteiger partial charge in [-0.25, -0.2) is 0 Å². The molecule has 3 nitrogen and oxygen atoms in total. The van der Waals surface area contributed by atoms with Crippen LogP contribution in [-0.2, 0) is 0 Å². The fraction of sp³-hybridized carbons (Fsp3) is 0.562. The van der Waals surface area contributed by atoms with Gasteiger partial charge in [0.15, 0.2) is 0 Å². The minimum Gasteiger partial charge on any atom is -0.326 e. The normalized spacial score (nSPS) is 14.3. The van der Waals surface area contributed by atoms with Crippen LogP contribution in [0.15, 0.2) is 24.3 Å². The zero-order valence-electron chi connectivity index (χ0n) is 12.5. The Balaban J connectivity index is 3.12. The van der Waals surface area contributed by atoms with Crippen molar-refractivity contribution in [3.8, 4) is 6.07 Å². The van der Waals surface area contributed by atoms with Gasteiger partial charge >= 0.3 is 0 Å². The molecule has 0 aliphatic carbocycles. The highest BCUT2D eigenvalue weighted by Crippen LogP contribution is 2.29. The van der Waals surface area contributed by atoms with E-state index < -0.39 is 0 Å². The Hall–Kier alpha value is -1.08. The van der Waals surface area contributed by atoms with Crippen molar-refractivity contribution in [2.45, 2.75) is 51.7 Å². The van der Waals surface area contributed by atoms with Crippen molar-refractivity contribution in [3.63, 3.8) is 0 Å². The molecule has 1 rings (SSSR count). The molecule has 2 atom stereocenters. The van der Waals surface area contributed by atoms with E-state index in [1.54, 1.807) is 0 Å².